The molecule has 0 bridgehead atoms. The summed E-state index contributed by atoms with van der Waals surface area (Å²) in [5, 5.41) is 0. The number of ether oxygens (including phenoxy) is 1. The van der Waals surface area contributed by atoms with Gasteiger partial charge in [-0.3, -0.25) is 4.79 Å². The lowest BCUT2D eigenvalue weighted by atomic mass is 9.87. The number of halogens is 1. The Labute approximate surface area is 143 Å². The van der Waals surface area contributed by atoms with E-state index < -0.39 is 0 Å². The third kappa shape index (κ3) is 3.24. The van der Waals surface area contributed by atoms with Gasteiger partial charge in [-0.1, -0.05) is 22.0 Å². The molecular formula is C18H18BrNO3. The fourth-order valence-electron chi connectivity index (χ4n) is 3.02. The van der Waals surface area contributed by atoms with Gasteiger partial charge in [0.25, 0.3) is 0 Å². The highest BCUT2D eigenvalue weighted by molar-refractivity contribution is 9.10. The van der Waals surface area contributed by atoms with E-state index in [1.165, 1.54) is 0 Å². The van der Waals surface area contributed by atoms with Gasteiger partial charge in [-0.15, -0.1) is 0 Å². The number of carbonyl (C=O) groups excluding carboxylic acids is 2. The van der Waals surface area contributed by atoms with Gasteiger partial charge in [0, 0.05) is 40.5 Å². The van der Waals surface area contributed by atoms with E-state index in [9.17, 15) is 9.59 Å². The smallest absolute Gasteiger partial charge is 0.335 e. The van der Waals surface area contributed by atoms with Crippen LogP contribution in [0.1, 0.15) is 32.6 Å². The van der Waals surface area contributed by atoms with Crippen molar-refractivity contribution in [2.75, 3.05) is 11.5 Å². The van der Waals surface area contributed by atoms with Crippen LogP contribution in [0, 0.1) is 0 Å². The summed E-state index contributed by atoms with van der Waals surface area (Å²) in [6.45, 7) is 2.11. The number of hydrogen-bond donors (Lipinski definition) is 0. The molecule has 1 aliphatic carbocycles. The molecule has 0 amide bonds. The van der Waals surface area contributed by atoms with Crippen molar-refractivity contribution >= 4 is 33.4 Å². The Bertz CT molecular complexity index is 721. The number of hydrogen-bond acceptors (Lipinski definition) is 4. The SMILES string of the molecule is CCOC(=O)C1=CN(c2cccc(Br)c2)C2=C(C1)C(=O)CCC2. The van der Waals surface area contributed by atoms with Crippen molar-refractivity contribution in [2.45, 2.75) is 32.6 Å². The lowest BCUT2D eigenvalue weighted by Crippen LogP contribution is -2.29. The Hall–Kier alpha value is -1.88. The summed E-state index contributed by atoms with van der Waals surface area (Å²) in [5.41, 5.74) is 3.22. The first-order valence-electron chi connectivity index (χ1n) is 7.78. The van der Waals surface area contributed by atoms with Crippen molar-refractivity contribution in [3.8, 4) is 0 Å². The quantitative estimate of drug-likeness (QED) is 0.745. The third-order valence-corrected chi connectivity index (χ3v) is 4.56. The maximum Gasteiger partial charge on any atom is 0.335 e. The molecule has 3 rings (SSSR count). The van der Waals surface area contributed by atoms with Crippen LogP contribution < -0.4 is 4.90 Å². The molecule has 4 nitrogen and oxygen atoms in total. The topological polar surface area (TPSA) is 46.6 Å². The van der Waals surface area contributed by atoms with Crippen molar-refractivity contribution in [1.29, 1.82) is 0 Å². The van der Waals surface area contributed by atoms with Gasteiger partial charge in [0.15, 0.2) is 5.78 Å². The highest BCUT2D eigenvalue weighted by atomic mass is 79.9. The molecule has 0 spiro atoms. The number of allylic oxidation sites excluding steroid dienone is 2. The van der Waals surface area contributed by atoms with Gasteiger partial charge < -0.3 is 9.64 Å². The van der Waals surface area contributed by atoms with Crippen LogP contribution in [0.5, 0.6) is 0 Å². The molecule has 0 unspecified atom stereocenters. The van der Waals surface area contributed by atoms with Crippen molar-refractivity contribution in [1.82, 2.24) is 0 Å². The number of Topliss-reactive ketones (excluding diaryl/α,β-unsaturated/α-hetero) is 1. The molecule has 1 aromatic carbocycles. The summed E-state index contributed by atoms with van der Waals surface area (Å²) in [5.74, 6) is -0.210. The lowest BCUT2D eigenvalue weighted by molar-refractivity contribution is -0.138. The second-order valence-electron chi connectivity index (χ2n) is 5.60. The molecular weight excluding hydrogens is 358 g/mol. The van der Waals surface area contributed by atoms with E-state index in [0.717, 1.165) is 34.3 Å². The number of carbonyl (C=O) groups is 2. The van der Waals surface area contributed by atoms with Crippen LogP contribution in [-0.2, 0) is 14.3 Å². The molecule has 0 saturated carbocycles. The van der Waals surface area contributed by atoms with E-state index in [4.69, 9.17) is 4.74 Å². The highest BCUT2D eigenvalue weighted by Crippen LogP contribution is 2.37. The van der Waals surface area contributed by atoms with E-state index in [0.29, 0.717) is 25.0 Å². The number of esters is 1. The fraction of sp³-hybridized carbons (Fsp3) is 0.333. The number of ketones is 1. The second-order valence-corrected chi connectivity index (χ2v) is 6.52. The number of nitrogens with zero attached hydrogens (tertiary/aromatic N) is 1. The molecule has 1 aliphatic heterocycles. The van der Waals surface area contributed by atoms with Gasteiger partial charge in [-0.25, -0.2) is 4.79 Å². The molecule has 0 fully saturated rings. The zero-order valence-corrected chi connectivity index (χ0v) is 14.6. The minimum Gasteiger partial charge on any atom is -0.463 e. The second kappa shape index (κ2) is 6.71. The van der Waals surface area contributed by atoms with Gasteiger partial charge in [0.05, 0.1) is 12.2 Å². The van der Waals surface area contributed by atoms with Crippen molar-refractivity contribution in [2.24, 2.45) is 0 Å². The number of anilines is 1. The summed E-state index contributed by atoms with van der Waals surface area (Å²) in [6.07, 6.45) is 4.45. The predicted octanol–water partition coefficient (Wildman–Crippen LogP) is 4.11. The molecule has 0 N–H and O–H groups in total. The molecule has 0 radical (unpaired) electrons. The van der Waals surface area contributed by atoms with Crippen LogP contribution in [-0.4, -0.2) is 18.4 Å². The maximum atomic E-state index is 12.3. The van der Waals surface area contributed by atoms with Gasteiger partial charge >= 0.3 is 5.97 Å². The largest absolute Gasteiger partial charge is 0.463 e. The standard InChI is InChI=1S/C18H18BrNO3/c1-2-23-18(22)12-9-15-16(7-4-8-17(15)21)20(11-12)14-6-3-5-13(19)10-14/h3,5-6,10-11H,2,4,7-9H2,1H3. The van der Waals surface area contributed by atoms with E-state index in [2.05, 4.69) is 15.9 Å². The van der Waals surface area contributed by atoms with Gasteiger partial charge in [-0.2, -0.15) is 0 Å². The Balaban J connectivity index is 2.05. The fourth-order valence-corrected chi connectivity index (χ4v) is 3.41. The molecule has 120 valence electrons. The summed E-state index contributed by atoms with van der Waals surface area (Å²) in [7, 11) is 0. The first-order chi connectivity index (χ1) is 11.1. The van der Waals surface area contributed by atoms with E-state index in [1.54, 1.807) is 6.92 Å². The van der Waals surface area contributed by atoms with E-state index >= 15 is 0 Å². The Kier molecular flexibility index (Phi) is 4.66. The lowest BCUT2D eigenvalue weighted by Gasteiger charge is -2.33. The van der Waals surface area contributed by atoms with Crippen molar-refractivity contribution < 1.29 is 14.3 Å². The molecule has 0 atom stereocenters. The van der Waals surface area contributed by atoms with Crippen molar-refractivity contribution in [3.63, 3.8) is 0 Å². The van der Waals surface area contributed by atoms with Crippen LogP contribution >= 0.6 is 15.9 Å². The van der Waals surface area contributed by atoms with Crippen LogP contribution in [0.3, 0.4) is 0 Å². The van der Waals surface area contributed by atoms with Crippen LogP contribution in [0.4, 0.5) is 5.69 Å². The molecule has 0 saturated heterocycles. The Morgan fingerprint density at radius 3 is 2.91 bits per heavy atom. The normalized spacial score (nSPS) is 17.7. The van der Waals surface area contributed by atoms with Gasteiger partial charge in [-0.05, 0) is 38.0 Å². The Morgan fingerprint density at radius 2 is 2.17 bits per heavy atom. The molecule has 5 heteroatoms. The summed E-state index contributed by atoms with van der Waals surface area (Å²) in [6, 6.07) is 7.84. The summed E-state index contributed by atoms with van der Waals surface area (Å²) >= 11 is 3.48. The maximum absolute atomic E-state index is 12.3. The van der Waals surface area contributed by atoms with E-state index in [1.807, 2.05) is 35.4 Å². The van der Waals surface area contributed by atoms with Gasteiger partial charge in [0.2, 0.25) is 0 Å². The van der Waals surface area contributed by atoms with Crippen molar-refractivity contribution in [3.05, 3.63) is 51.8 Å². The molecule has 2 aliphatic rings. The monoisotopic (exact) mass is 375 g/mol. The molecule has 23 heavy (non-hydrogen) atoms. The predicted molar refractivity (Wildman–Crippen MR) is 91.8 cm³/mol. The van der Waals surface area contributed by atoms with E-state index in [-0.39, 0.29) is 11.8 Å². The highest BCUT2D eigenvalue weighted by Gasteiger charge is 2.31. The molecule has 0 aromatic heterocycles. The number of rotatable bonds is 3. The summed E-state index contributed by atoms with van der Waals surface area (Å²) < 4.78 is 6.08. The molecule has 1 heterocycles. The summed E-state index contributed by atoms with van der Waals surface area (Å²) in [4.78, 5) is 26.5. The zero-order chi connectivity index (χ0) is 16.4. The number of benzene rings is 1. The minimum atomic E-state index is -0.350. The van der Waals surface area contributed by atoms with Crippen LogP contribution in [0.25, 0.3) is 0 Å². The average Bonchev–Trinajstić information content (AvgIpc) is 2.54. The third-order valence-electron chi connectivity index (χ3n) is 4.07. The van der Waals surface area contributed by atoms with Crippen LogP contribution in [0.15, 0.2) is 51.8 Å². The zero-order valence-electron chi connectivity index (χ0n) is 13.0. The minimum absolute atomic E-state index is 0.140. The van der Waals surface area contributed by atoms with Gasteiger partial charge in [0.1, 0.15) is 0 Å². The van der Waals surface area contributed by atoms with Crippen LogP contribution in [0.2, 0.25) is 0 Å². The first kappa shape index (κ1) is 16.0. The Morgan fingerprint density at radius 1 is 1.35 bits per heavy atom. The first-order valence-corrected chi connectivity index (χ1v) is 8.57. The average molecular weight is 376 g/mol. The molecule has 1 aromatic rings.